The Morgan fingerprint density at radius 1 is 1.25 bits per heavy atom. The molecular weight excluding hydrogens is 312 g/mol. The molecule has 2 N–H and O–H groups in total. The van der Waals surface area contributed by atoms with E-state index in [2.05, 4.69) is 10.6 Å². The summed E-state index contributed by atoms with van der Waals surface area (Å²) in [7, 11) is 0. The maximum Gasteiger partial charge on any atom is 0.407 e. The predicted octanol–water partition coefficient (Wildman–Crippen LogP) is 1.51. The van der Waals surface area contributed by atoms with E-state index in [1.807, 2.05) is 30.3 Å². The van der Waals surface area contributed by atoms with Crippen LogP contribution < -0.4 is 10.6 Å². The molecule has 1 heterocycles. The van der Waals surface area contributed by atoms with E-state index in [0.717, 1.165) is 5.56 Å². The van der Waals surface area contributed by atoms with Crippen LogP contribution in [0.4, 0.5) is 4.79 Å². The number of nitrogens with one attached hydrogen (secondary N) is 2. The fraction of sp³-hybridized carbons (Fsp3) is 0.471. The van der Waals surface area contributed by atoms with Gasteiger partial charge >= 0.3 is 12.1 Å². The third kappa shape index (κ3) is 5.57. The zero-order chi connectivity index (χ0) is 17.4. The molecule has 2 atom stereocenters. The van der Waals surface area contributed by atoms with Gasteiger partial charge in [-0.25, -0.2) is 9.59 Å². The maximum atomic E-state index is 11.6. The van der Waals surface area contributed by atoms with Crippen molar-refractivity contribution in [2.75, 3.05) is 6.54 Å². The molecule has 1 aliphatic rings. The van der Waals surface area contributed by atoms with Crippen molar-refractivity contribution >= 4 is 18.0 Å². The summed E-state index contributed by atoms with van der Waals surface area (Å²) in [6.45, 7) is 2.21. The third-order valence-corrected chi connectivity index (χ3v) is 3.66. The first-order chi connectivity index (χ1) is 11.6. The van der Waals surface area contributed by atoms with Crippen LogP contribution in [0, 0.1) is 0 Å². The molecule has 1 aromatic rings. The summed E-state index contributed by atoms with van der Waals surface area (Å²) >= 11 is 0. The second-order valence-corrected chi connectivity index (χ2v) is 5.62. The lowest BCUT2D eigenvalue weighted by Crippen LogP contribution is -2.53. The number of amides is 2. The highest BCUT2D eigenvalue weighted by Gasteiger charge is 2.32. The summed E-state index contributed by atoms with van der Waals surface area (Å²) < 4.78 is 10.0. The van der Waals surface area contributed by atoms with Crippen molar-refractivity contribution in [2.24, 2.45) is 0 Å². The van der Waals surface area contributed by atoms with Crippen molar-refractivity contribution in [1.82, 2.24) is 10.6 Å². The average molecular weight is 334 g/mol. The van der Waals surface area contributed by atoms with E-state index in [1.54, 1.807) is 0 Å². The van der Waals surface area contributed by atoms with Crippen LogP contribution in [0.5, 0.6) is 0 Å². The van der Waals surface area contributed by atoms with Gasteiger partial charge in [0.15, 0.2) is 6.10 Å². The number of alkyl carbamates (subject to hydrolysis) is 1. The molecule has 0 aliphatic carbocycles. The molecule has 1 unspecified atom stereocenters. The number of rotatable bonds is 7. The van der Waals surface area contributed by atoms with Crippen molar-refractivity contribution in [1.29, 1.82) is 0 Å². The minimum atomic E-state index is -0.727. The number of hydrogen-bond donors (Lipinski definition) is 2. The maximum absolute atomic E-state index is 11.6. The smallest absolute Gasteiger partial charge is 0.407 e. The van der Waals surface area contributed by atoms with Gasteiger partial charge in [-0.3, -0.25) is 4.79 Å². The van der Waals surface area contributed by atoms with E-state index in [1.165, 1.54) is 6.92 Å². The van der Waals surface area contributed by atoms with Crippen LogP contribution >= 0.6 is 0 Å². The highest BCUT2D eigenvalue weighted by Crippen LogP contribution is 2.10. The molecule has 1 saturated heterocycles. The first-order valence-corrected chi connectivity index (χ1v) is 8.01. The molecule has 1 aliphatic heterocycles. The van der Waals surface area contributed by atoms with Gasteiger partial charge in [-0.1, -0.05) is 30.3 Å². The molecule has 0 bridgehead atoms. The summed E-state index contributed by atoms with van der Waals surface area (Å²) in [4.78, 5) is 34.6. The van der Waals surface area contributed by atoms with Crippen molar-refractivity contribution in [2.45, 2.75) is 44.9 Å². The average Bonchev–Trinajstić information content (AvgIpc) is 2.58. The molecule has 7 nitrogen and oxygen atoms in total. The molecular formula is C17H22N2O5. The number of benzene rings is 1. The molecule has 0 spiro atoms. The fourth-order valence-electron chi connectivity index (χ4n) is 2.29. The van der Waals surface area contributed by atoms with Gasteiger partial charge in [0.1, 0.15) is 12.6 Å². The Hall–Kier alpha value is -2.57. The van der Waals surface area contributed by atoms with Crippen molar-refractivity contribution in [3.05, 3.63) is 35.9 Å². The largest absolute Gasteiger partial charge is 0.451 e. The number of esters is 1. The number of cyclic esters (lactones) is 1. The van der Waals surface area contributed by atoms with E-state index >= 15 is 0 Å². The highest BCUT2D eigenvalue weighted by atomic mass is 16.6. The third-order valence-electron chi connectivity index (χ3n) is 3.66. The summed E-state index contributed by atoms with van der Waals surface area (Å²) in [5.74, 6) is -0.681. The Kier molecular flexibility index (Phi) is 6.60. The standard InChI is InChI=1S/C17H22N2O5/c1-12-15(20)19-14(16(21)24-12)9-5-6-10-18-17(22)23-11-13-7-3-2-4-8-13/h2-4,7-8,12,14H,5-6,9-11H2,1H3,(H,18,22)(H,19,20)/t12?,14-/m0/s1. The summed E-state index contributed by atoms with van der Waals surface area (Å²) in [5, 5.41) is 5.28. The number of morpholine rings is 1. The zero-order valence-electron chi connectivity index (χ0n) is 13.6. The molecule has 24 heavy (non-hydrogen) atoms. The highest BCUT2D eigenvalue weighted by molar-refractivity contribution is 5.92. The summed E-state index contributed by atoms with van der Waals surface area (Å²) in [6, 6.07) is 8.82. The number of ether oxygens (including phenoxy) is 2. The Morgan fingerprint density at radius 2 is 2.00 bits per heavy atom. The second-order valence-electron chi connectivity index (χ2n) is 5.62. The monoisotopic (exact) mass is 334 g/mol. The lowest BCUT2D eigenvalue weighted by Gasteiger charge is -2.26. The van der Waals surface area contributed by atoms with Gasteiger partial charge in [-0.05, 0) is 31.7 Å². The summed E-state index contributed by atoms with van der Waals surface area (Å²) in [6.07, 6.45) is 0.633. The normalized spacial score (nSPS) is 20.0. The Labute approximate surface area is 140 Å². The molecule has 0 radical (unpaired) electrons. The molecule has 0 saturated carbocycles. The molecule has 1 fully saturated rings. The molecule has 130 valence electrons. The fourth-order valence-corrected chi connectivity index (χ4v) is 2.29. The topological polar surface area (TPSA) is 93.7 Å². The second kappa shape index (κ2) is 8.90. The van der Waals surface area contributed by atoms with Gasteiger partial charge in [0.2, 0.25) is 0 Å². The summed E-state index contributed by atoms with van der Waals surface area (Å²) in [5.41, 5.74) is 0.924. The van der Waals surface area contributed by atoms with Crippen LogP contribution in [0.1, 0.15) is 31.7 Å². The van der Waals surface area contributed by atoms with Crippen LogP contribution in [0.2, 0.25) is 0 Å². The minimum absolute atomic E-state index is 0.227. The molecule has 1 aromatic carbocycles. The van der Waals surface area contributed by atoms with E-state index < -0.39 is 24.2 Å². The molecule has 2 rings (SSSR count). The first kappa shape index (κ1) is 17.8. The lowest BCUT2D eigenvalue weighted by atomic mass is 10.1. The number of unbranched alkanes of at least 4 members (excludes halogenated alkanes) is 1. The van der Waals surface area contributed by atoms with Gasteiger partial charge in [0.05, 0.1) is 0 Å². The van der Waals surface area contributed by atoms with Crippen LogP contribution in [-0.4, -0.2) is 36.7 Å². The van der Waals surface area contributed by atoms with E-state index in [9.17, 15) is 14.4 Å². The molecule has 0 aromatic heterocycles. The van der Waals surface area contributed by atoms with Gasteiger partial charge in [-0.2, -0.15) is 0 Å². The Morgan fingerprint density at radius 3 is 2.75 bits per heavy atom. The predicted molar refractivity (Wildman–Crippen MR) is 86.0 cm³/mol. The van der Waals surface area contributed by atoms with Gasteiger partial charge in [-0.15, -0.1) is 0 Å². The van der Waals surface area contributed by atoms with Gasteiger partial charge in [0.25, 0.3) is 5.91 Å². The Balaban J connectivity index is 1.55. The van der Waals surface area contributed by atoms with Gasteiger partial charge in [0, 0.05) is 6.54 Å². The quantitative estimate of drug-likeness (QED) is 0.582. The minimum Gasteiger partial charge on any atom is -0.451 e. The first-order valence-electron chi connectivity index (χ1n) is 8.01. The zero-order valence-corrected chi connectivity index (χ0v) is 13.6. The van der Waals surface area contributed by atoms with Crippen LogP contribution in [0.15, 0.2) is 30.3 Å². The van der Waals surface area contributed by atoms with Gasteiger partial charge < -0.3 is 20.1 Å². The lowest BCUT2D eigenvalue weighted by molar-refractivity contribution is -0.164. The van der Waals surface area contributed by atoms with Crippen LogP contribution in [0.3, 0.4) is 0 Å². The van der Waals surface area contributed by atoms with E-state index in [0.29, 0.717) is 25.8 Å². The SMILES string of the molecule is CC1OC(=O)[C@H](CCCCNC(=O)OCc2ccccc2)NC1=O. The van der Waals surface area contributed by atoms with Crippen LogP contribution in [-0.2, 0) is 25.7 Å². The number of carbonyl (C=O) groups excluding carboxylic acids is 3. The van der Waals surface area contributed by atoms with E-state index in [4.69, 9.17) is 9.47 Å². The van der Waals surface area contributed by atoms with E-state index in [-0.39, 0.29) is 12.5 Å². The van der Waals surface area contributed by atoms with Crippen molar-refractivity contribution < 1.29 is 23.9 Å². The van der Waals surface area contributed by atoms with Crippen LogP contribution in [0.25, 0.3) is 0 Å². The van der Waals surface area contributed by atoms with Crippen molar-refractivity contribution in [3.8, 4) is 0 Å². The number of carbonyl (C=O) groups is 3. The molecule has 2 amide bonds. The Bertz CT molecular complexity index is 576. The number of hydrogen-bond acceptors (Lipinski definition) is 5. The molecule has 7 heteroatoms. The van der Waals surface area contributed by atoms with Crippen molar-refractivity contribution in [3.63, 3.8) is 0 Å².